The van der Waals surface area contributed by atoms with Gasteiger partial charge >= 0.3 is 0 Å². The fourth-order valence-electron chi connectivity index (χ4n) is 2.01. The zero-order chi connectivity index (χ0) is 17.4. The second-order valence-corrected chi connectivity index (χ2v) is 5.80. The van der Waals surface area contributed by atoms with Crippen molar-refractivity contribution in [3.05, 3.63) is 23.2 Å². The molecule has 0 atom stereocenters. The average molecular weight is 342 g/mol. The van der Waals surface area contributed by atoms with E-state index >= 15 is 0 Å². The Kier molecular flexibility index (Phi) is 7.85. The predicted molar refractivity (Wildman–Crippen MR) is 92.2 cm³/mol. The maximum atomic E-state index is 11.8. The van der Waals surface area contributed by atoms with Crippen LogP contribution in [0.2, 0.25) is 5.02 Å². The van der Waals surface area contributed by atoms with E-state index in [2.05, 4.69) is 5.32 Å². The summed E-state index contributed by atoms with van der Waals surface area (Å²) in [4.78, 5) is 27.2. The fourth-order valence-corrected chi connectivity index (χ4v) is 2.26. The first kappa shape index (κ1) is 19.3. The van der Waals surface area contributed by atoms with Crippen LogP contribution in [0.5, 0.6) is 5.75 Å². The van der Waals surface area contributed by atoms with Gasteiger partial charge in [0.15, 0.2) is 0 Å². The monoisotopic (exact) mass is 341 g/mol. The Labute approximate surface area is 142 Å². The number of nitrogens with one attached hydrogen (secondary N) is 1. The minimum absolute atomic E-state index is 0.0855. The average Bonchev–Trinajstić information content (AvgIpc) is 2.46. The quantitative estimate of drug-likeness (QED) is 0.782. The van der Waals surface area contributed by atoms with Crippen LogP contribution in [0.4, 0.5) is 5.69 Å². The van der Waals surface area contributed by atoms with Gasteiger partial charge in [0, 0.05) is 38.7 Å². The smallest absolute Gasteiger partial charge is 0.223 e. The number of carbonyl (C=O) groups is 2. The van der Waals surface area contributed by atoms with Gasteiger partial charge in [-0.15, -0.1) is 0 Å². The van der Waals surface area contributed by atoms with Crippen molar-refractivity contribution in [1.29, 1.82) is 0 Å². The lowest BCUT2D eigenvalue weighted by molar-refractivity contribution is -0.121. The second kappa shape index (κ2) is 9.37. The highest BCUT2D eigenvalue weighted by atomic mass is 35.5. The molecule has 0 radical (unpaired) electrons. The van der Waals surface area contributed by atoms with Crippen molar-refractivity contribution in [3.8, 4) is 5.75 Å². The molecule has 0 spiro atoms. The van der Waals surface area contributed by atoms with Crippen molar-refractivity contribution in [2.24, 2.45) is 0 Å². The van der Waals surface area contributed by atoms with E-state index in [-0.39, 0.29) is 18.2 Å². The molecule has 0 heterocycles. The molecule has 2 amide bonds. The number of hydrogen-bond donors (Lipinski definition) is 1. The molecule has 0 saturated heterocycles. The molecular formula is C16H24ClN3O3. The van der Waals surface area contributed by atoms with Crippen molar-refractivity contribution < 1.29 is 14.3 Å². The third-order valence-corrected chi connectivity index (χ3v) is 3.57. The number of nitrogens with zero attached hydrogens (tertiary/aromatic N) is 2. The summed E-state index contributed by atoms with van der Waals surface area (Å²) < 4.78 is 5.10. The number of likely N-dealkylation sites (N-methyl/N-ethyl adjacent to an activating group) is 1. The Bertz CT molecular complexity index is 549. The second-order valence-electron chi connectivity index (χ2n) is 5.39. The van der Waals surface area contributed by atoms with Crippen molar-refractivity contribution in [3.63, 3.8) is 0 Å². The van der Waals surface area contributed by atoms with Gasteiger partial charge in [0.05, 0.1) is 12.1 Å². The molecule has 0 aliphatic carbocycles. The highest BCUT2D eigenvalue weighted by Gasteiger charge is 2.15. The molecule has 128 valence electrons. The Morgan fingerprint density at radius 2 is 1.96 bits per heavy atom. The summed E-state index contributed by atoms with van der Waals surface area (Å²) in [7, 11) is 5.41. The summed E-state index contributed by atoms with van der Waals surface area (Å²) in [6, 6.07) is 5.10. The van der Waals surface area contributed by atoms with Crippen LogP contribution in [0.15, 0.2) is 18.2 Å². The Morgan fingerprint density at radius 1 is 1.26 bits per heavy atom. The van der Waals surface area contributed by atoms with Gasteiger partial charge in [-0.3, -0.25) is 9.59 Å². The number of halogens is 1. The number of benzene rings is 1. The Balaban J connectivity index is 2.64. The lowest BCUT2D eigenvalue weighted by atomic mass is 10.2. The third-order valence-electron chi connectivity index (χ3n) is 3.27. The molecule has 0 bridgehead atoms. The Hall–Kier alpha value is -1.79. The molecule has 0 aliphatic rings. The van der Waals surface area contributed by atoms with Gasteiger partial charge in [-0.2, -0.15) is 0 Å². The SMILES string of the molecule is COc1ccc(N(CCC(=O)NCCN(C)C)C(C)=O)cc1Cl. The summed E-state index contributed by atoms with van der Waals surface area (Å²) in [6.07, 6.45) is 0.233. The number of amides is 2. The van der Waals surface area contributed by atoms with Crippen LogP contribution in [-0.2, 0) is 9.59 Å². The minimum Gasteiger partial charge on any atom is -0.495 e. The molecule has 0 unspecified atom stereocenters. The van der Waals surface area contributed by atoms with Crippen molar-refractivity contribution in [2.45, 2.75) is 13.3 Å². The van der Waals surface area contributed by atoms with Gasteiger partial charge in [0.1, 0.15) is 5.75 Å². The highest BCUT2D eigenvalue weighted by Crippen LogP contribution is 2.29. The molecule has 0 aromatic heterocycles. The number of ether oxygens (including phenoxy) is 1. The fraction of sp³-hybridized carbons (Fsp3) is 0.500. The molecule has 23 heavy (non-hydrogen) atoms. The van der Waals surface area contributed by atoms with E-state index in [4.69, 9.17) is 16.3 Å². The number of hydrogen-bond acceptors (Lipinski definition) is 4. The van der Waals surface area contributed by atoms with Crippen LogP contribution < -0.4 is 15.0 Å². The lowest BCUT2D eigenvalue weighted by Crippen LogP contribution is -2.36. The molecule has 1 aromatic carbocycles. The van der Waals surface area contributed by atoms with Gasteiger partial charge in [0.2, 0.25) is 11.8 Å². The van der Waals surface area contributed by atoms with Gasteiger partial charge in [-0.05, 0) is 32.3 Å². The molecular weight excluding hydrogens is 318 g/mol. The number of methoxy groups -OCH3 is 1. The standard InChI is InChI=1S/C16H24ClN3O3/c1-12(21)20(9-7-16(22)18-8-10-19(2)3)13-5-6-15(23-4)14(17)11-13/h5-6,11H,7-10H2,1-4H3,(H,18,22). The first-order valence-corrected chi connectivity index (χ1v) is 7.76. The molecule has 0 aliphatic heterocycles. The largest absolute Gasteiger partial charge is 0.495 e. The van der Waals surface area contributed by atoms with Crippen LogP contribution in [0, 0.1) is 0 Å². The lowest BCUT2D eigenvalue weighted by Gasteiger charge is -2.21. The van der Waals surface area contributed by atoms with Crippen molar-refractivity contribution >= 4 is 29.1 Å². The third kappa shape index (κ3) is 6.46. The van der Waals surface area contributed by atoms with E-state index in [9.17, 15) is 9.59 Å². The van der Waals surface area contributed by atoms with Gasteiger partial charge < -0.3 is 19.9 Å². The van der Waals surface area contributed by atoms with Crippen LogP contribution >= 0.6 is 11.6 Å². The molecule has 0 saturated carbocycles. The van der Waals surface area contributed by atoms with Crippen molar-refractivity contribution in [2.75, 3.05) is 45.7 Å². The van der Waals surface area contributed by atoms with E-state index in [1.807, 2.05) is 19.0 Å². The first-order chi connectivity index (χ1) is 10.8. The molecule has 1 rings (SSSR count). The zero-order valence-electron chi connectivity index (χ0n) is 14.1. The van der Waals surface area contributed by atoms with E-state index in [0.29, 0.717) is 29.5 Å². The molecule has 6 nitrogen and oxygen atoms in total. The van der Waals surface area contributed by atoms with Crippen LogP contribution in [0.25, 0.3) is 0 Å². The van der Waals surface area contributed by atoms with Crippen LogP contribution in [0.1, 0.15) is 13.3 Å². The summed E-state index contributed by atoms with van der Waals surface area (Å²) in [6.45, 7) is 3.12. The summed E-state index contributed by atoms with van der Waals surface area (Å²) in [5, 5.41) is 3.25. The van der Waals surface area contributed by atoms with Crippen molar-refractivity contribution in [1.82, 2.24) is 10.2 Å². The predicted octanol–water partition coefficient (Wildman–Crippen LogP) is 1.77. The topological polar surface area (TPSA) is 61.9 Å². The highest BCUT2D eigenvalue weighted by molar-refractivity contribution is 6.32. The van der Waals surface area contributed by atoms with E-state index in [0.717, 1.165) is 6.54 Å². The number of anilines is 1. The van der Waals surface area contributed by atoms with Gasteiger partial charge in [0.25, 0.3) is 0 Å². The van der Waals surface area contributed by atoms with E-state index in [1.54, 1.807) is 18.2 Å². The molecule has 0 fully saturated rings. The molecule has 1 aromatic rings. The number of rotatable bonds is 8. The number of carbonyl (C=O) groups excluding carboxylic acids is 2. The maximum absolute atomic E-state index is 11.8. The minimum atomic E-state index is -0.146. The van der Waals surface area contributed by atoms with Gasteiger partial charge in [-0.25, -0.2) is 0 Å². The maximum Gasteiger partial charge on any atom is 0.223 e. The Morgan fingerprint density at radius 3 is 2.48 bits per heavy atom. The summed E-state index contributed by atoms with van der Waals surface area (Å²) >= 11 is 6.09. The first-order valence-electron chi connectivity index (χ1n) is 7.38. The molecule has 7 heteroatoms. The van der Waals surface area contributed by atoms with Crippen LogP contribution in [-0.4, -0.2) is 57.6 Å². The summed E-state index contributed by atoms with van der Waals surface area (Å²) in [5.41, 5.74) is 0.643. The van der Waals surface area contributed by atoms with Gasteiger partial charge in [-0.1, -0.05) is 11.6 Å². The van der Waals surface area contributed by atoms with E-state index in [1.165, 1.54) is 18.9 Å². The summed E-state index contributed by atoms with van der Waals surface area (Å²) in [5.74, 6) is 0.311. The van der Waals surface area contributed by atoms with Crippen LogP contribution in [0.3, 0.4) is 0 Å². The van der Waals surface area contributed by atoms with E-state index < -0.39 is 0 Å². The normalized spacial score (nSPS) is 10.5. The molecule has 1 N–H and O–H groups in total. The zero-order valence-corrected chi connectivity index (χ0v) is 14.8.